The topological polar surface area (TPSA) is 114 Å². The smallest absolute Gasteiger partial charge is 0.226 e. The Balaban J connectivity index is 1.76. The first-order valence-electron chi connectivity index (χ1n) is 25.0. The standard InChI is InChI=1S/C56H89N3O7/c1-16-39(6)53(58(13)55(64)46(37(2)3)34-49(62)52(38(4)5)57(11)12)50(65-14)35-51(63)59-30-20-23-47(59)54(66-15)40(7)48(61)33-44(31-42-21-18-17-19-22-42)32-45(60)29-28-41-24-26-43(27-25-41)36-56(8,9)10/h17-19,21-22,24-27,37-40,44,46-47,50,52-54H,16,20,23,28-36H2,1-15H3/t39-,40-,44+,46-,47-,50+,52-,53-,54+/m0/s1. The summed E-state index contributed by atoms with van der Waals surface area (Å²) < 4.78 is 12.3. The minimum absolute atomic E-state index is 0.00444. The summed E-state index contributed by atoms with van der Waals surface area (Å²) >= 11 is 0. The van der Waals surface area contributed by atoms with Crippen LogP contribution in [0.25, 0.3) is 0 Å². The summed E-state index contributed by atoms with van der Waals surface area (Å²) in [4.78, 5) is 76.0. The molecule has 10 heteroatoms. The van der Waals surface area contributed by atoms with E-state index in [4.69, 9.17) is 9.47 Å². The van der Waals surface area contributed by atoms with Crippen molar-refractivity contribution in [1.82, 2.24) is 14.7 Å². The Morgan fingerprint density at radius 3 is 1.91 bits per heavy atom. The highest BCUT2D eigenvalue weighted by molar-refractivity contribution is 5.90. The average molecular weight is 916 g/mol. The van der Waals surface area contributed by atoms with E-state index in [1.807, 2.05) is 76.7 Å². The van der Waals surface area contributed by atoms with Crippen LogP contribution in [-0.2, 0) is 52.7 Å². The third-order valence-electron chi connectivity index (χ3n) is 14.2. The Kier molecular flexibility index (Phi) is 22.9. The predicted octanol–water partition coefficient (Wildman–Crippen LogP) is 9.72. The second kappa shape index (κ2) is 26.7. The Bertz CT molecular complexity index is 1810. The van der Waals surface area contributed by atoms with E-state index < -0.39 is 30.1 Å². The molecule has 0 radical (unpaired) electrons. The van der Waals surface area contributed by atoms with Gasteiger partial charge in [-0.2, -0.15) is 0 Å². The summed E-state index contributed by atoms with van der Waals surface area (Å²) in [6.07, 6.45) is 4.57. The first kappa shape index (κ1) is 56.6. The van der Waals surface area contributed by atoms with E-state index in [2.05, 4.69) is 71.0 Å². The highest BCUT2D eigenvalue weighted by Gasteiger charge is 2.43. The number of methoxy groups -OCH3 is 2. The number of likely N-dealkylation sites (tertiary alicyclic amines) is 1. The number of Topliss-reactive ketones (excluding diaryl/α,β-unsaturated/α-hetero) is 3. The van der Waals surface area contributed by atoms with Crippen LogP contribution >= 0.6 is 0 Å². The molecule has 9 atom stereocenters. The van der Waals surface area contributed by atoms with Gasteiger partial charge in [-0.15, -0.1) is 0 Å². The second-order valence-electron chi connectivity index (χ2n) is 21.8. The molecule has 1 fully saturated rings. The fourth-order valence-electron chi connectivity index (χ4n) is 10.6. The van der Waals surface area contributed by atoms with E-state index in [9.17, 15) is 24.0 Å². The Labute approximate surface area is 400 Å². The first-order chi connectivity index (χ1) is 31.0. The lowest BCUT2D eigenvalue weighted by molar-refractivity contribution is -0.149. The Morgan fingerprint density at radius 1 is 0.758 bits per heavy atom. The van der Waals surface area contributed by atoms with Crippen molar-refractivity contribution in [2.75, 3.05) is 41.9 Å². The molecule has 370 valence electrons. The van der Waals surface area contributed by atoms with Crippen molar-refractivity contribution in [1.29, 1.82) is 0 Å². The van der Waals surface area contributed by atoms with Crippen LogP contribution < -0.4 is 0 Å². The van der Waals surface area contributed by atoms with Crippen molar-refractivity contribution in [3.05, 3.63) is 71.3 Å². The Morgan fingerprint density at radius 2 is 1.38 bits per heavy atom. The zero-order valence-corrected chi connectivity index (χ0v) is 43.7. The largest absolute Gasteiger partial charge is 0.379 e. The molecule has 1 aliphatic heterocycles. The van der Waals surface area contributed by atoms with Crippen molar-refractivity contribution in [3.8, 4) is 0 Å². The molecule has 0 aliphatic carbocycles. The molecule has 0 unspecified atom stereocenters. The second-order valence-corrected chi connectivity index (χ2v) is 21.8. The van der Waals surface area contributed by atoms with Crippen LogP contribution in [0.3, 0.4) is 0 Å². The number of hydrogen-bond acceptors (Lipinski definition) is 8. The van der Waals surface area contributed by atoms with Gasteiger partial charge in [0.25, 0.3) is 0 Å². The zero-order chi connectivity index (χ0) is 49.5. The number of carbonyl (C=O) groups is 5. The zero-order valence-electron chi connectivity index (χ0n) is 43.7. The minimum Gasteiger partial charge on any atom is -0.379 e. The fourth-order valence-corrected chi connectivity index (χ4v) is 10.6. The molecule has 0 aromatic heterocycles. The van der Waals surface area contributed by atoms with Gasteiger partial charge >= 0.3 is 0 Å². The van der Waals surface area contributed by atoms with Gasteiger partial charge in [0.15, 0.2) is 5.78 Å². The molecule has 2 aromatic carbocycles. The van der Waals surface area contributed by atoms with E-state index in [-0.39, 0.29) is 89.6 Å². The molecule has 1 saturated heterocycles. The monoisotopic (exact) mass is 916 g/mol. The molecule has 0 saturated carbocycles. The van der Waals surface area contributed by atoms with Crippen LogP contribution in [0, 0.1) is 40.9 Å². The van der Waals surface area contributed by atoms with Crippen molar-refractivity contribution < 1.29 is 33.4 Å². The van der Waals surface area contributed by atoms with Crippen LogP contribution in [0.4, 0.5) is 0 Å². The molecule has 1 heterocycles. The fraction of sp³-hybridized carbons (Fsp3) is 0.696. The van der Waals surface area contributed by atoms with E-state index in [0.29, 0.717) is 38.6 Å². The molecule has 0 bridgehead atoms. The summed E-state index contributed by atoms with van der Waals surface area (Å²) in [5.41, 5.74) is 3.73. The number of hydrogen-bond donors (Lipinski definition) is 0. The van der Waals surface area contributed by atoms with Gasteiger partial charge in [0.05, 0.1) is 36.8 Å². The van der Waals surface area contributed by atoms with Crippen LogP contribution in [-0.4, -0.2) is 116 Å². The lowest BCUT2D eigenvalue weighted by Crippen LogP contribution is -2.54. The van der Waals surface area contributed by atoms with Gasteiger partial charge in [0, 0.05) is 65.3 Å². The SMILES string of the molecule is CC[C@H](C)[C@@H]([C@@H](CC(=O)N1CCC[C@H]1[C@H](OC)[C@@H](C)C(=O)C[C@@H](CC(=O)CCc1ccc(CC(C)(C)C)cc1)Cc1ccccc1)OC)N(C)C(=O)[C@@H](CC(=O)[C@H](C(C)C)N(C)C)C(C)C. The van der Waals surface area contributed by atoms with Crippen molar-refractivity contribution in [2.24, 2.45) is 40.9 Å². The van der Waals surface area contributed by atoms with Gasteiger partial charge in [-0.3, -0.25) is 28.9 Å². The summed E-state index contributed by atoms with van der Waals surface area (Å²) in [6.45, 7) is 21.3. The molecule has 2 aromatic rings. The summed E-state index contributed by atoms with van der Waals surface area (Å²) in [7, 11) is 8.82. The van der Waals surface area contributed by atoms with E-state index in [1.54, 1.807) is 26.2 Å². The van der Waals surface area contributed by atoms with Crippen molar-refractivity contribution in [3.63, 3.8) is 0 Å². The minimum atomic E-state index is -0.597. The van der Waals surface area contributed by atoms with Gasteiger partial charge in [-0.1, -0.05) is 130 Å². The van der Waals surface area contributed by atoms with Gasteiger partial charge in [-0.05, 0) is 92.0 Å². The lowest BCUT2D eigenvalue weighted by Gasteiger charge is -2.41. The molecule has 1 aliphatic rings. The normalized spacial score (nSPS) is 18.2. The quantitative estimate of drug-likeness (QED) is 0.0830. The lowest BCUT2D eigenvalue weighted by atomic mass is 9.83. The van der Waals surface area contributed by atoms with Gasteiger partial charge in [0.2, 0.25) is 11.8 Å². The number of ketones is 3. The van der Waals surface area contributed by atoms with Crippen LogP contribution in [0.15, 0.2) is 54.6 Å². The molecule has 3 rings (SSSR count). The van der Waals surface area contributed by atoms with E-state index >= 15 is 0 Å². The number of carbonyl (C=O) groups excluding carboxylic acids is 5. The van der Waals surface area contributed by atoms with E-state index in [1.165, 1.54) is 5.56 Å². The Hall–Kier alpha value is -3.73. The average Bonchev–Trinajstić information content (AvgIpc) is 3.74. The number of rotatable bonds is 28. The van der Waals surface area contributed by atoms with Crippen LogP contribution in [0.2, 0.25) is 0 Å². The van der Waals surface area contributed by atoms with Crippen LogP contribution in [0.5, 0.6) is 0 Å². The number of nitrogens with zero attached hydrogens (tertiary/aromatic N) is 3. The highest BCUT2D eigenvalue weighted by atomic mass is 16.5. The molecular formula is C56H89N3O7. The third kappa shape index (κ3) is 16.8. The predicted molar refractivity (Wildman–Crippen MR) is 267 cm³/mol. The maximum Gasteiger partial charge on any atom is 0.226 e. The maximum atomic E-state index is 14.5. The summed E-state index contributed by atoms with van der Waals surface area (Å²) in [6, 6.07) is 17.6. The van der Waals surface area contributed by atoms with Gasteiger partial charge < -0.3 is 19.3 Å². The highest BCUT2D eigenvalue weighted by Crippen LogP contribution is 2.32. The number of ether oxygens (including phenoxy) is 2. The summed E-state index contributed by atoms with van der Waals surface area (Å²) in [5, 5.41) is 0. The molecule has 0 spiro atoms. The number of benzene rings is 2. The molecular weight excluding hydrogens is 827 g/mol. The number of likely N-dealkylation sites (N-methyl/N-ethyl adjacent to an activating group) is 2. The first-order valence-corrected chi connectivity index (χ1v) is 25.0. The molecule has 66 heavy (non-hydrogen) atoms. The number of amides is 2. The van der Waals surface area contributed by atoms with Crippen molar-refractivity contribution in [2.45, 2.75) is 170 Å². The van der Waals surface area contributed by atoms with Crippen molar-refractivity contribution >= 4 is 29.2 Å². The molecule has 0 N–H and O–H groups in total. The molecule has 10 nitrogen and oxygen atoms in total. The summed E-state index contributed by atoms with van der Waals surface area (Å²) in [5.74, 6) is -1.13. The van der Waals surface area contributed by atoms with E-state index in [0.717, 1.165) is 30.4 Å². The molecule has 2 amide bonds. The van der Waals surface area contributed by atoms with Gasteiger partial charge in [0.1, 0.15) is 11.6 Å². The maximum absolute atomic E-state index is 14.5. The van der Waals surface area contributed by atoms with Gasteiger partial charge in [-0.25, -0.2) is 0 Å². The third-order valence-corrected chi connectivity index (χ3v) is 14.2. The van der Waals surface area contributed by atoms with Crippen LogP contribution in [0.1, 0.15) is 137 Å². The number of aryl methyl sites for hydroxylation is 1.